The van der Waals surface area contributed by atoms with Crippen molar-refractivity contribution in [2.75, 3.05) is 0 Å². The van der Waals surface area contributed by atoms with Crippen LogP contribution in [0.4, 0.5) is 26.6 Å². The number of rotatable bonds is 0. The Labute approximate surface area is 91.4 Å². The Morgan fingerprint density at radius 2 is 1.47 bits per heavy atom. The Balaban J connectivity index is -0.000000249. The summed E-state index contributed by atoms with van der Waals surface area (Å²) in [5, 5.41) is -1.62. The Hall–Kier alpha value is -0.761. The first-order chi connectivity index (χ1) is 6.12. The minimum absolute atomic E-state index is 0. The average Bonchev–Trinajstić information content (AvgIpc) is 1.81. The molecular formula is C5H6CuF6N2O+2. The van der Waals surface area contributed by atoms with Crippen LogP contribution in [-0.2, 0) is 21.9 Å². The normalized spacial score (nSPS) is 10.8. The van der Waals surface area contributed by atoms with E-state index in [1.54, 1.807) is 0 Å². The van der Waals surface area contributed by atoms with E-state index in [1.165, 1.54) is 13.8 Å². The molecule has 0 amide bonds. The van der Waals surface area contributed by atoms with Crippen LogP contribution in [0.2, 0.25) is 0 Å². The molecule has 0 aliphatic heterocycles. The predicted octanol–water partition coefficient (Wildman–Crippen LogP) is 2.50. The van der Waals surface area contributed by atoms with Gasteiger partial charge in [-0.3, -0.25) is 0 Å². The maximum absolute atomic E-state index is 11.1. The second-order valence-corrected chi connectivity index (χ2v) is 2.05. The van der Waals surface area contributed by atoms with Gasteiger partial charge >= 0.3 is 29.1 Å². The van der Waals surface area contributed by atoms with Crippen molar-refractivity contribution in [3.8, 4) is 0 Å². The number of Topliss-reactive ketones (excluding diaryl/α,β-unsaturated/α-hetero) is 1. The van der Waals surface area contributed by atoms with Gasteiger partial charge in [0, 0.05) is 0 Å². The Kier molecular flexibility index (Phi) is 11.2. The zero-order valence-corrected chi connectivity index (χ0v) is 8.31. The van der Waals surface area contributed by atoms with Gasteiger partial charge in [0.15, 0.2) is 0 Å². The fraction of sp³-hybridized carbons (Fsp3) is 0.600. The van der Waals surface area contributed by atoms with E-state index in [0.717, 1.165) is 5.21 Å². The molecule has 1 radical (unpaired) electrons. The number of hydrogen-bond acceptors (Lipinski definition) is 2. The van der Waals surface area contributed by atoms with Crippen LogP contribution in [0, 0.1) is 0 Å². The Bertz CT molecular complexity index is 212. The number of hydrogen-bond donors (Lipinski definition) is 0. The van der Waals surface area contributed by atoms with Crippen LogP contribution >= 0.6 is 0 Å². The number of carbonyl (C=O) groups excluding carboxylic acids is 1. The van der Waals surface area contributed by atoms with E-state index in [0.29, 0.717) is 0 Å². The molecule has 0 atom stereocenters. The third-order valence-electron chi connectivity index (χ3n) is 0.494. The van der Waals surface area contributed by atoms with Crippen LogP contribution in [-0.4, -0.2) is 23.1 Å². The smallest absolute Gasteiger partial charge is 0.300 e. The summed E-state index contributed by atoms with van der Waals surface area (Å²) < 4.78 is 65.9. The summed E-state index contributed by atoms with van der Waals surface area (Å²) in [6, 6.07) is 0. The standard InChI is InChI=1S/C3H6O.C2F6N2.Cu/c1-3(2)4;3-2(4,5)1(9-6)10(7)8;/h1-2H3;;/q;;+2. The van der Waals surface area contributed by atoms with E-state index in [4.69, 9.17) is 0 Å². The summed E-state index contributed by atoms with van der Waals surface area (Å²) in [4.78, 5) is 9.44. The first-order valence-electron chi connectivity index (χ1n) is 2.98. The summed E-state index contributed by atoms with van der Waals surface area (Å²) in [6.45, 7) is 3.06. The van der Waals surface area contributed by atoms with Gasteiger partial charge < -0.3 is 4.79 Å². The van der Waals surface area contributed by atoms with E-state index in [9.17, 15) is 31.4 Å². The van der Waals surface area contributed by atoms with Gasteiger partial charge in [0.2, 0.25) is 0 Å². The molecule has 0 unspecified atom stereocenters. The molecule has 0 aliphatic rings. The Morgan fingerprint density at radius 1 is 1.20 bits per heavy atom. The summed E-state index contributed by atoms with van der Waals surface area (Å²) in [5.74, 6) is -2.70. The van der Waals surface area contributed by atoms with E-state index < -0.39 is 17.4 Å². The van der Waals surface area contributed by atoms with Crippen LogP contribution in [0.1, 0.15) is 13.8 Å². The molecule has 93 valence electrons. The predicted molar refractivity (Wildman–Crippen MR) is 35.0 cm³/mol. The van der Waals surface area contributed by atoms with Gasteiger partial charge in [0.25, 0.3) is 0 Å². The summed E-state index contributed by atoms with van der Waals surface area (Å²) in [6.07, 6.45) is -5.46. The maximum atomic E-state index is 11.1. The molecule has 0 fully saturated rings. The number of nitrogens with zero attached hydrogens (tertiary/aromatic N) is 2. The van der Waals surface area contributed by atoms with Gasteiger partial charge in [-0.25, -0.2) is 0 Å². The number of alkyl halides is 3. The molecule has 0 saturated carbocycles. The van der Waals surface area contributed by atoms with Gasteiger partial charge in [-0.1, -0.05) is 18.7 Å². The number of amidine groups is 1. The molecule has 0 aromatic carbocycles. The molecule has 0 saturated heterocycles. The molecule has 15 heavy (non-hydrogen) atoms. The minimum atomic E-state index is -5.46. The fourth-order valence-electron chi connectivity index (χ4n) is 0.172. The van der Waals surface area contributed by atoms with Crippen LogP contribution in [0.15, 0.2) is 5.21 Å². The quantitative estimate of drug-likeness (QED) is 0.225. The molecular weight excluding hydrogens is 282 g/mol. The molecule has 0 bridgehead atoms. The summed E-state index contributed by atoms with van der Waals surface area (Å²) in [5.41, 5.74) is 0. The number of halogens is 6. The van der Waals surface area contributed by atoms with Crippen LogP contribution in [0.25, 0.3) is 0 Å². The number of ketones is 1. The second kappa shape index (κ2) is 8.54. The van der Waals surface area contributed by atoms with Gasteiger partial charge in [0.05, 0.1) is 0 Å². The van der Waals surface area contributed by atoms with E-state index >= 15 is 0 Å². The van der Waals surface area contributed by atoms with E-state index in [-0.39, 0.29) is 22.9 Å². The van der Waals surface area contributed by atoms with Crippen molar-refractivity contribution in [1.82, 2.24) is 5.34 Å². The van der Waals surface area contributed by atoms with Crippen molar-refractivity contribution >= 4 is 11.6 Å². The zero-order valence-electron chi connectivity index (χ0n) is 7.37. The maximum Gasteiger partial charge on any atom is 2.00 e. The third kappa shape index (κ3) is 13.2. The van der Waals surface area contributed by atoms with Crippen LogP contribution in [0.5, 0.6) is 0 Å². The van der Waals surface area contributed by atoms with Crippen molar-refractivity contribution in [3.05, 3.63) is 0 Å². The van der Waals surface area contributed by atoms with Crippen molar-refractivity contribution in [1.29, 1.82) is 0 Å². The minimum Gasteiger partial charge on any atom is -0.300 e. The molecule has 3 nitrogen and oxygen atoms in total. The zero-order chi connectivity index (χ0) is 11.9. The molecule has 0 aliphatic carbocycles. The van der Waals surface area contributed by atoms with Gasteiger partial charge in [-0.15, -0.1) is 0 Å². The van der Waals surface area contributed by atoms with E-state index in [1.807, 2.05) is 0 Å². The first-order valence-corrected chi connectivity index (χ1v) is 2.98. The van der Waals surface area contributed by atoms with Gasteiger partial charge in [-0.05, 0) is 19.2 Å². The SMILES string of the molecule is CC(C)=O.FN=C(N(F)F)C(F)(F)F.[Cu+2]. The molecule has 0 aromatic heterocycles. The van der Waals surface area contributed by atoms with Crippen molar-refractivity contribution in [3.63, 3.8) is 0 Å². The van der Waals surface area contributed by atoms with Crippen LogP contribution in [0.3, 0.4) is 0 Å². The molecule has 0 heterocycles. The van der Waals surface area contributed by atoms with Crippen molar-refractivity contribution < 1.29 is 48.5 Å². The van der Waals surface area contributed by atoms with Crippen molar-refractivity contribution in [2.45, 2.75) is 20.0 Å². The van der Waals surface area contributed by atoms with Crippen molar-refractivity contribution in [2.24, 2.45) is 5.21 Å². The molecule has 0 rings (SSSR count). The topological polar surface area (TPSA) is 32.7 Å². The molecule has 0 aromatic rings. The summed E-state index contributed by atoms with van der Waals surface area (Å²) in [7, 11) is 0. The fourth-order valence-corrected chi connectivity index (χ4v) is 0.172. The first kappa shape index (κ1) is 19.8. The molecule has 0 spiro atoms. The Morgan fingerprint density at radius 3 is 1.47 bits per heavy atom. The van der Waals surface area contributed by atoms with Crippen LogP contribution < -0.4 is 0 Å². The summed E-state index contributed by atoms with van der Waals surface area (Å²) >= 11 is 0. The van der Waals surface area contributed by atoms with E-state index in [2.05, 4.69) is 0 Å². The third-order valence-corrected chi connectivity index (χ3v) is 0.494. The largest absolute Gasteiger partial charge is 2.00 e. The number of carbonyl (C=O) groups is 1. The van der Waals surface area contributed by atoms with Gasteiger partial charge in [-0.2, -0.15) is 13.2 Å². The average molecular weight is 288 g/mol. The molecule has 10 heteroatoms. The molecule has 0 N–H and O–H groups in total. The second-order valence-electron chi connectivity index (χ2n) is 2.05. The van der Waals surface area contributed by atoms with Gasteiger partial charge in [0.1, 0.15) is 5.78 Å². The monoisotopic (exact) mass is 287 g/mol.